The zero-order valence-electron chi connectivity index (χ0n) is 17.4. The molecule has 35 heavy (non-hydrogen) atoms. The Labute approximate surface area is 204 Å². The molecule has 0 saturated heterocycles. The molecule has 0 radical (unpaired) electrons. The van der Waals surface area contributed by atoms with Gasteiger partial charge in [0, 0.05) is 28.7 Å². The molecule has 2 aromatic rings. The van der Waals surface area contributed by atoms with E-state index in [4.69, 9.17) is 23.2 Å². The average Bonchev–Trinajstić information content (AvgIpc) is 3.13. The van der Waals surface area contributed by atoms with Crippen LogP contribution in [0.4, 0.5) is 36.4 Å². The molecule has 1 aliphatic heterocycles. The lowest BCUT2D eigenvalue weighted by molar-refractivity contribution is -0.143. The number of halogens is 9. The molecule has 184 valence electrons. The number of benzene rings is 2. The number of hydrazone groups is 1. The number of hydrogen-bond donors (Lipinski definition) is 1. The van der Waals surface area contributed by atoms with Gasteiger partial charge < -0.3 is 4.90 Å². The van der Waals surface area contributed by atoms with Crippen molar-refractivity contribution in [3.8, 4) is 0 Å². The Hall–Kier alpha value is -2.98. The lowest BCUT2D eigenvalue weighted by atomic mass is 9.91. The lowest BCUT2D eigenvalue weighted by Crippen LogP contribution is -2.30. The predicted molar refractivity (Wildman–Crippen MR) is 119 cm³/mol. The summed E-state index contributed by atoms with van der Waals surface area (Å²) < 4.78 is 94.1. The van der Waals surface area contributed by atoms with E-state index in [1.54, 1.807) is 35.9 Å². The first-order chi connectivity index (χ1) is 16.5. The molecule has 2 atom stereocenters. The van der Waals surface area contributed by atoms with Gasteiger partial charge in [-0.15, -0.1) is 0 Å². The molecule has 2 aliphatic rings. The molecular formula is C23H14Cl2F7N3. The quantitative estimate of drug-likeness (QED) is 0.186. The largest absolute Gasteiger partial charge is 0.422 e. The Morgan fingerprint density at radius 3 is 2.26 bits per heavy atom. The van der Waals surface area contributed by atoms with Crippen LogP contribution >= 0.6 is 23.2 Å². The molecule has 3 nitrogen and oxygen atoms in total. The van der Waals surface area contributed by atoms with Gasteiger partial charge in [-0.1, -0.05) is 53.6 Å². The number of rotatable bonds is 5. The van der Waals surface area contributed by atoms with Crippen molar-refractivity contribution in [3.63, 3.8) is 0 Å². The fourth-order valence-electron chi connectivity index (χ4n) is 3.85. The molecule has 1 aliphatic carbocycles. The molecule has 0 spiro atoms. The van der Waals surface area contributed by atoms with E-state index in [0.29, 0.717) is 22.2 Å². The monoisotopic (exact) mass is 535 g/mol. The number of fused-ring (bicyclic) bond motifs is 1. The Kier molecular flexibility index (Phi) is 6.88. The second-order valence-corrected chi connectivity index (χ2v) is 8.54. The first-order valence-electron chi connectivity index (χ1n) is 9.97. The molecule has 1 N–H and O–H groups in total. The topological polar surface area (TPSA) is 27.6 Å². The maximum absolute atomic E-state index is 14.1. The summed E-state index contributed by atoms with van der Waals surface area (Å²) in [4.78, 5) is 1.93. The molecule has 0 bridgehead atoms. The van der Waals surface area contributed by atoms with Crippen molar-refractivity contribution in [2.75, 3.05) is 5.43 Å². The van der Waals surface area contributed by atoms with E-state index in [9.17, 15) is 30.7 Å². The van der Waals surface area contributed by atoms with Gasteiger partial charge in [0.25, 0.3) is 0 Å². The maximum atomic E-state index is 14.1. The minimum absolute atomic E-state index is 0.150. The highest BCUT2D eigenvalue weighted by molar-refractivity contribution is 6.35. The molecule has 2 aromatic carbocycles. The third-order valence-corrected chi connectivity index (χ3v) is 6.08. The van der Waals surface area contributed by atoms with Crippen LogP contribution in [0.15, 0.2) is 59.4 Å². The van der Waals surface area contributed by atoms with Gasteiger partial charge in [-0.3, -0.25) is 5.43 Å². The first kappa shape index (κ1) is 25.1. The summed E-state index contributed by atoms with van der Waals surface area (Å²) in [7, 11) is 0. The van der Waals surface area contributed by atoms with Crippen LogP contribution in [0.3, 0.4) is 0 Å². The number of hydrogen-bond acceptors (Lipinski definition) is 3. The SMILES string of the molecule is Fc1c(F)c(C(F)(F)F)c(F)c(F)c1N/N=C/C1=CN(Cc2ccc(Cl)cc2Cl)C2C=CC=CC12. The highest BCUT2D eigenvalue weighted by Gasteiger charge is 2.42. The highest BCUT2D eigenvalue weighted by Crippen LogP contribution is 2.39. The Morgan fingerprint density at radius 2 is 1.63 bits per heavy atom. The van der Waals surface area contributed by atoms with Crippen LogP contribution in [0.25, 0.3) is 0 Å². The fourth-order valence-corrected chi connectivity index (χ4v) is 4.32. The number of allylic oxidation sites excluding steroid dienone is 2. The Bertz CT molecular complexity index is 1260. The third kappa shape index (κ3) is 4.90. The zero-order chi connectivity index (χ0) is 25.5. The van der Waals surface area contributed by atoms with Gasteiger partial charge in [-0.2, -0.15) is 18.3 Å². The van der Waals surface area contributed by atoms with Gasteiger partial charge in [0.15, 0.2) is 23.3 Å². The number of nitrogens with one attached hydrogen (secondary N) is 1. The Balaban J connectivity index is 1.59. The van der Waals surface area contributed by atoms with E-state index in [1.807, 2.05) is 23.1 Å². The fraction of sp³-hybridized carbons (Fsp3) is 0.174. The maximum Gasteiger partial charge on any atom is 0.422 e. The van der Waals surface area contributed by atoms with Gasteiger partial charge in [0.2, 0.25) is 0 Å². The number of nitrogens with zero attached hydrogens (tertiary/aromatic N) is 2. The predicted octanol–water partition coefficient (Wildman–Crippen LogP) is 7.48. The van der Waals surface area contributed by atoms with Crippen molar-refractivity contribution in [3.05, 3.63) is 98.7 Å². The third-order valence-electron chi connectivity index (χ3n) is 5.49. The zero-order valence-corrected chi connectivity index (χ0v) is 18.9. The molecule has 0 amide bonds. The van der Waals surface area contributed by atoms with Crippen LogP contribution in [0, 0.1) is 29.2 Å². The summed E-state index contributed by atoms with van der Waals surface area (Å²) in [6.45, 7) is 0.388. The number of alkyl halides is 3. The standard InChI is InChI=1S/C23H14Cl2F7N3/c24-13-6-5-11(15(25)7-13)9-35-10-12(14-3-1-2-4-16(14)35)8-33-34-22-20(28)18(26)17(23(30,31)32)19(27)21(22)29/h1-8,10,14,16,34H,9H2/b33-8+. The summed E-state index contributed by atoms with van der Waals surface area (Å²) >= 11 is 12.2. The summed E-state index contributed by atoms with van der Waals surface area (Å²) in [5.74, 6) is -9.86. The van der Waals surface area contributed by atoms with E-state index < -0.39 is 40.7 Å². The van der Waals surface area contributed by atoms with Crippen molar-refractivity contribution in [1.82, 2.24) is 4.90 Å². The lowest BCUT2D eigenvalue weighted by Gasteiger charge is -2.28. The van der Waals surface area contributed by atoms with Gasteiger partial charge in [-0.25, -0.2) is 17.6 Å². The number of anilines is 1. The summed E-state index contributed by atoms with van der Waals surface area (Å²) in [6, 6.07) is 4.91. The van der Waals surface area contributed by atoms with Crippen molar-refractivity contribution in [2.24, 2.45) is 11.0 Å². The second kappa shape index (κ2) is 9.58. The summed E-state index contributed by atoms with van der Waals surface area (Å²) in [5, 5.41) is 4.55. The molecule has 2 unspecified atom stereocenters. The molecule has 0 aromatic heterocycles. The molecule has 0 fully saturated rings. The molecule has 1 heterocycles. The van der Waals surface area contributed by atoms with Gasteiger partial charge in [0.05, 0.1) is 12.3 Å². The van der Waals surface area contributed by atoms with Crippen LogP contribution in [-0.4, -0.2) is 17.2 Å². The van der Waals surface area contributed by atoms with E-state index in [0.717, 1.165) is 11.8 Å². The van der Waals surface area contributed by atoms with E-state index in [2.05, 4.69) is 5.10 Å². The normalized spacial score (nSPS) is 19.5. The average molecular weight is 536 g/mol. The van der Waals surface area contributed by atoms with Crippen molar-refractivity contribution < 1.29 is 30.7 Å². The van der Waals surface area contributed by atoms with Crippen LogP contribution in [-0.2, 0) is 12.7 Å². The summed E-state index contributed by atoms with van der Waals surface area (Å²) in [5.41, 5.74) is -1.02. The summed E-state index contributed by atoms with van der Waals surface area (Å²) in [6.07, 6.45) is 4.64. The van der Waals surface area contributed by atoms with Gasteiger partial charge >= 0.3 is 6.18 Å². The van der Waals surface area contributed by atoms with Gasteiger partial charge in [0.1, 0.15) is 11.3 Å². The Morgan fingerprint density at radius 1 is 0.971 bits per heavy atom. The van der Waals surface area contributed by atoms with Crippen molar-refractivity contribution in [1.29, 1.82) is 0 Å². The van der Waals surface area contributed by atoms with Crippen LogP contribution < -0.4 is 5.43 Å². The minimum atomic E-state index is -5.63. The van der Waals surface area contributed by atoms with E-state index >= 15 is 0 Å². The molecule has 4 rings (SSSR count). The van der Waals surface area contributed by atoms with Gasteiger partial charge in [-0.05, 0) is 23.3 Å². The molecular weight excluding hydrogens is 522 g/mol. The smallest absolute Gasteiger partial charge is 0.365 e. The highest BCUT2D eigenvalue weighted by atomic mass is 35.5. The van der Waals surface area contributed by atoms with Crippen LogP contribution in [0.2, 0.25) is 10.0 Å². The van der Waals surface area contributed by atoms with E-state index in [1.165, 1.54) is 0 Å². The van der Waals surface area contributed by atoms with Crippen molar-refractivity contribution in [2.45, 2.75) is 18.8 Å². The first-order valence-corrected chi connectivity index (χ1v) is 10.7. The molecule has 0 saturated carbocycles. The van der Waals surface area contributed by atoms with Crippen LogP contribution in [0.1, 0.15) is 11.1 Å². The van der Waals surface area contributed by atoms with Crippen LogP contribution in [0.5, 0.6) is 0 Å². The molecule has 12 heteroatoms. The van der Waals surface area contributed by atoms with E-state index in [-0.39, 0.29) is 12.0 Å². The second-order valence-electron chi connectivity index (χ2n) is 7.70. The van der Waals surface area contributed by atoms with Crippen molar-refractivity contribution >= 4 is 35.1 Å². The minimum Gasteiger partial charge on any atom is -0.365 e.